The van der Waals surface area contributed by atoms with E-state index in [0.29, 0.717) is 47.4 Å². The number of allylic oxidation sites excluding steroid dienone is 2. The van der Waals surface area contributed by atoms with Crippen LogP contribution in [0.5, 0.6) is 5.75 Å². The Morgan fingerprint density at radius 3 is 2.56 bits per heavy atom. The molecule has 0 radical (unpaired) electrons. The number of hydrogen-bond acceptors (Lipinski definition) is 5. The van der Waals surface area contributed by atoms with Gasteiger partial charge in [-0.3, -0.25) is 4.79 Å². The molecule has 0 spiro atoms. The Hall–Kier alpha value is -2.86. The molecule has 6 heteroatoms. The van der Waals surface area contributed by atoms with Gasteiger partial charge in [0.25, 0.3) is 0 Å². The van der Waals surface area contributed by atoms with Gasteiger partial charge in [0.2, 0.25) is 5.90 Å². The van der Waals surface area contributed by atoms with E-state index in [-0.39, 0.29) is 17.4 Å². The summed E-state index contributed by atoms with van der Waals surface area (Å²) in [5, 5.41) is 11.1. The van der Waals surface area contributed by atoms with Gasteiger partial charge in [0.1, 0.15) is 11.5 Å². The van der Waals surface area contributed by atoms with Crippen molar-refractivity contribution in [1.29, 1.82) is 0 Å². The maximum absolute atomic E-state index is 13.4. The standard InChI is InChI=1S/C28H31BrN2O3/c1-3-19-9-11-21(34-27(4-2)31-24-15-20(29)10-12-23(24)30)16-22(19)28-25(32)13-17-5-6-18(8-7-17)14-26(28)33/h4,9-12,15-18,32H,2-3,5-8,13-14,30H2,1H3/b28-25+,31-27+/t17-,18+. The number of aryl methyl sites for hydroxylation is 1. The maximum atomic E-state index is 13.4. The molecule has 3 aliphatic carbocycles. The monoisotopic (exact) mass is 522 g/mol. The molecule has 0 saturated heterocycles. The van der Waals surface area contributed by atoms with Crippen molar-refractivity contribution in [1.82, 2.24) is 0 Å². The van der Waals surface area contributed by atoms with E-state index in [4.69, 9.17) is 10.5 Å². The van der Waals surface area contributed by atoms with Crippen molar-refractivity contribution < 1.29 is 14.6 Å². The van der Waals surface area contributed by atoms with Gasteiger partial charge in [0.15, 0.2) is 5.78 Å². The highest BCUT2D eigenvalue weighted by atomic mass is 79.9. The number of Topliss-reactive ketones (excluding diaryl/α,β-unsaturated/α-hetero) is 1. The average Bonchev–Trinajstić information content (AvgIpc) is 2.91. The fourth-order valence-electron chi connectivity index (χ4n) is 4.97. The summed E-state index contributed by atoms with van der Waals surface area (Å²) >= 11 is 3.43. The highest BCUT2D eigenvalue weighted by molar-refractivity contribution is 9.10. The molecular formula is C28H31BrN2O3. The highest BCUT2D eigenvalue weighted by Crippen LogP contribution is 2.40. The molecule has 1 saturated carbocycles. The van der Waals surface area contributed by atoms with E-state index < -0.39 is 0 Å². The van der Waals surface area contributed by atoms with E-state index in [1.807, 2.05) is 31.2 Å². The number of nitrogen functional groups attached to an aromatic ring is 1. The van der Waals surface area contributed by atoms with Crippen molar-refractivity contribution in [2.24, 2.45) is 16.8 Å². The number of nitrogens with zero attached hydrogens (tertiary/aromatic N) is 1. The molecule has 0 unspecified atom stereocenters. The highest BCUT2D eigenvalue weighted by Gasteiger charge is 2.31. The third-order valence-electron chi connectivity index (χ3n) is 6.84. The number of aliphatic hydroxyl groups excluding tert-OH is 1. The van der Waals surface area contributed by atoms with E-state index in [0.717, 1.165) is 47.7 Å². The van der Waals surface area contributed by atoms with Crippen LogP contribution in [0, 0.1) is 11.8 Å². The van der Waals surface area contributed by atoms with Gasteiger partial charge in [-0.1, -0.05) is 35.5 Å². The third-order valence-corrected chi connectivity index (χ3v) is 7.33. The summed E-state index contributed by atoms with van der Waals surface area (Å²) in [6, 6.07) is 11.1. The minimum absolute atomic E-state index is 0.0245. The second kappa shape index (κ2) is 10.6. The molecule has 2 bridgehead atoms. The van der Waals surface area contributed by atoms with Crippen molar-refractivity contribution in [2.45, 2.75) is 51.9 Å². The van der Waals surface area contributed by atoms with Crippen molar-refractivity contribution >= 4 is 44.6 Å². The Balaban J connectivity index is 1.71. The summed E-state index contributed by atoms with van der Waals surface area (Å²) in [6.45, 7) is 5.87. The third kappa shape index (κ3) is 5.44. The summed E-state index contributed by atoms with van der Waals surface area (Å²) in [6.07, 6.45) is 7.60. The van der Waals surface area contributed by atoms with E-state index >= 15 is 0 Å². The van der Waals surface area contributed by atoms with Crippen molar-refractivity contribution in [3.05, 3.63) is 70.4 Å². The summed E-state index contributed by atoms with van der Waals surface area (Å²) < 4.78 is 6.90. The normalized spacial score (nSPS) is 23.2. The zero-order chi connectivity index (χ0) is 24.2. The molecule has 0 aromatic heterocycles. The van der Waals surface area contributed by atoms with Crippen LogP contribution < -0.4 is 10.5 Å². The fourth-order valence-corrected chi connectivity index (χ4v) is 5.32. The Kier molecular flexibility index (Phi) is 7.57. The van der Waals surface area contributed by atoms with Crippen LogP contribution in [0.1, 0.15) is 56.6 Å². The van der Waals surface area contributed by atoms with Gasteiger partial charge in [0.05, 0.1) is 16.9 Å². The zero-order valence-electron chi connectivity index (χ0n) is 19.5. The summed E-state index contributed by atoms with van der Waals surface area (Å²) in [5.74, 6) is 1.90. The van der Waals surface area contributed by atoms with Crippen molar-refractivity contribution in [2.75, 3.05) is 5.73 Å². The maximum Gasteiger partial charge on any atom is 0.219 e. The minimum atomic E-state index is 0.0245. The van der Waals surface area contributed by atoms with Crippen LogP contribution in [-0.2, 0) is 11.2 Å². The van der Waals surface area contributed by atoms with Crippen LogP contribution in [0.2, 0.25) is 0 Å². The summed E-state index contributed by atoms with van der Waals surface area (Å²) in [7, 11) is 0. The molecule has 5 rings (SSSR count). The number of fused-ring (bicyclic) bond motifs is 5. The van der Waals surface area contributed by atoms with Gasteiger partial charge < -0.3 is 15.6 Å². The number of nitrogens with two attached hydrogens (primary N) is 1. The van der Waals surface area contributed by atoms with Gasteiger partial charge in [-0.25, -0.2) is 4.99 Å². The molecule has 3 aliphatic rings. The van der Waals surface area contributed by atoms with E-state index in [9.17, 15) is 9.90 Å². The first-order chi connectivity index (χ1) is 16.4. The Morgan fingerprint density at radius 2 is 1.88 bits per heavy atom. The van der Waals surface area contributed by atoms with Crippen molar-refractivity contribution in [3.8, 4) is 5.75 Å². The number of ether oxygens (including phenoxy) is 1. The number of rotatable bonds is 5. The lowest BCUT2D eigenvalue weighted by Gasteiger charge is -2.26. The largest absolute Gasteiger partial charge is 0.512 e. The SMILES string of the molecule is C=C/C(=N\c1cc(Br)ccc1N)Oc1ccc(CC)c(/C2=C(\O)C[C@H]3CC[C@H](CC3)CC2=O)c1. The number of benzene rings is 2. The molecule has 0 aliphatic heterocycles. The van der Waals surface area contributed by atoms with Gasteiger partial charge in [-0.15, -0.1) is 0 Å². The minimum Gasteiger partial charge on any atom is -0.512 e. The smallest absolute Gasteiger partial charge is 0.219 e. The summed E-state index contributed by atoms with van der Waals surface area (Å²) in [5.41, 5.74) is 9.34. The molecule has 34 heavy (non-hydrogen) atoms. The van der Waals surface area contributed by atoms with Gasteiger partial charge >= 0.3 is 0 Å². The lowest BCUT2D eigenvalue weighted by atomic mass is 9.79. The molecule has 5 nitrogen and oxygen atoms in total. The number of carbonyl (C=O) groups excluding carboxylic acids is 1. The molecular weight excluding hydrogens is 492 g/mol. The van der Waals surface area contributed by atoms with E-state index in [1.165, 1.54) is 6.08 Å². The Bertz CT molecular complexity index is 1160. The predicted molar refractivity (Wildman–Crippen MR) is 142 cm³/mol. The van der Waals surface area contributed by atoms with Crippen LogP contribution in [0.3, 0.4) is 0 Å². The van der Waals surface area contributed by atoms with E-state index in [2.05, 4.69) is 27.5 Å². The van der Waals surface area contributed by atoms with Crippen LogP contribution in [0.4, 0.5) is 11.4 Å². The topological polar surface area (TPSA) is 84.9 Å². The van der Waals surface area contributed by atoms with Crippen molar-refractivity contribution in [3.63, 3.8) is 0 Å². The number of aliphatic hydroxyl groups is 1. The van der Waals surface area contributed by atoms with Crippen LogP contribution >= 0.6 is 15.9 Å². The molecule has 0 amide bonds. The Labute approximate surface area is 209 Å². The number of anilines is 1. The van der Waals surface area contributed by atoms with Crippen LogP contribution in [0.25, 0.3) is 5.57 Å². The zero-order valence-corrected chi connectivity index (χ0v) is 21.1. The van der Waals surface area contributed by atoms with Gasteiger partial charge in [-0.2, -0.15) is 0 Å². The fraction of sp³-hybridized carbons (Fsp3) is 0.357. The Morgan fingerprint density at radius 1 is 1.18 bits per heavy atom. The first kappa shape index (κ1) is 24.3. The first-order valence-electron chi connectivity index (χ1n) is 11.9. The number of hydrogen-bond donors (Lipinski definition) is 2. The quantitative estimate of drug-likeness (QED) is 0.244. The van der Waals surface area contributed by atoms with Crippen LogP contribution in [0.15, 0.2) is 64.3 Å². The number of aliphatic imine (C=N–C) groups is 1. The first-order valence-corrected chi connectivity index (χ1v) is 12.7. The molecule has 0 heterocycles. The molecule has 1 fully saturated rings. The number of halogens is 1. The predicted octanol–water partition coefficient (Wildman–Crippen LogP) is 7.33. The second-order valence-electron chi connectivity index (χ2n) is 9.17. The number of ketones is 1. The average molecular weight is 523 g/mol. The molecule has 3 N–H and O–H groups in total. The van der Waals surface area contributed by atoms with Crippen LogP contribution in [-0.4, -0.2) is 16.8 Å². The molecule has 2 aromatic rings. The van der Waals surface area contributed by atoms with E-state index in [1.54, 1.807) is 12.1 Å². The summed E-state index contributed by atoms with van der Waals surface area (Å²) in [4.78, 5) is 17.9. The lowest BCUT2D eigenvalue weighted by Crippen LogP contribution is -2.15. The molecule has 0 atom stereocenters. The molecule has 178 valence electrons. The second-order valence-corrected chi connectivity index (χ2v) is 10.1. The van der Waals surface area contributed by atoms with Gasteiger partial charge in [-0.05, 0) is 91.5 Å². The van der Waals surface area contributed by atoms with Gasteiger partial charge in [0, 0.05) is 17.3 Å². The number of carbonyl (C=O) groups is 1. The lowest BCUT2D eigenvalue weighted by molar-refractivity contribution is -0.114. The molecule has 2 aromatic carbocycles.